The van der Waals surface area contributed by atoms with Crippen LogP contribution in [0.15, 0.2) is 0 Å². The SMILES string of the molecule is CN1CCC(CN2CCC(CN)CC2)CC1. The number of piperidine rings is 2. The van der Waals surface area contributed by atoms with Crippen molar-refractivity contribution in [2.45, 2.75) is 25.7 Å². The van der Waals surface area contributed by atoms with E-state index in [4.69, 9.17) is 5.73 Å². The Kier molecular flexibility index (Phi) is 4.62. The average molecular weight is 225 g/mol. The summed E-state index contributed by atoms with van der Waals surface area (Å²) in [6.45, 7) is 7.39. The third-order valence-electron chi connectivity index (χ3n) is 4.40. The van der Waals surface area contributed by atoms with Gasteiger partial charge in [-0.3, -0.25) is 0 Å². The summed E-state index contributed by atoms with van der Waals surface area (Å²) < 4.78 is 0. The van der Waals surface area contributed by atoms with Crippen molar-refractivity contribution in [2.75, 3.05) is 46.3 Å². The van der Waals surface area contributed by atoms with E-state index in [1.165, 1.54) is 58.4 Å². The summed E-state index contributed by atoms with van der Waals surface area (Å²) in [5.41, 5.74) is 5.72. The molecule has 0 aromatic heterocycles. The molecule has 16 heavy (non-hydrogen) atoms. The molecule has 2 N–H and O–H groups in total. The molecule has 0 atom stereocenters. The highest BCUT2D eigenvalue weighted by molar-refractivity contribution is 4.77. The highest BCUT2D eigenvalue weighted by Gasteiger charge is 2.22. The zero-order valence-electron chi connectivity index (χ0n) is 10.7. The van der Waals surface area contributed by atoms with E-state index < -0.39 is 0 Å². The van der Waals surface area contributed by atoms with Gasteiger partial charge in [-0.25, -0.2) is 0 Å². The fourth-order valence-electron chi connectivity index (χ4n) is 3.01. The van der Waals surface area contributed by atoms with Crippen LogP contribution in [0, 0.1) is 11.8 Å². The summed E-state index contributed by atoms with van der Waals surface area (Å²) in [5, 5.41) is 0. The van der Waals surface area contributed by atoms with Crippen LogP contribution < -0.4 is 5.73 Å². The van der Waals surface area contributed by atoms with Gasteiger partial charge < -0.3 is 15.5 Å². The van der Waals surface area contributed by atoms with E-state index in [2.05, 4.69) is 16.8 Å². The minimum Gasteiger partial charge on any atom is -0.330 e. The smallest absolute Gasteiger partial charge is 0.00106 e. The maximum absolute atomic E-state index is 5.72. The largest absolute Gasteiger partial charge is 0.330 e. The topological polar surface area (TPSA) is 32.5 Å². The fourth-order valence-corrected chi connectivity index (χ4v) is 3.01. The molecule has 2 heterocycles. The fraction of sp³-hybridized carbons (Fsp3) is 1.00. The van der Waals surface area contributed by atoms with E-state index in [1.807, 2.05) is 0 Å². The first-order valence-corrected chi connectivity index (χ1v) is 6.89. The molecule has 0 bridgehead atoms. The van der Waals surface area contributed by atoms with E-state index in [-0.39, 0.29) is 0 Å². The molecule has 3 heteroatoms. The second-order valence-corrected chi connectivity index (χ2v) is 5.73. The minimum atomic E-state index is 0.800. The van der Waals surface area contributed by atoms with Gasteiger partial charge in [0.15, 0.2) is 0 Å². The molecule has 2 aliphatic rings. The first-order valence-electron chi connectivity index (χ1n) is 6.89. The van der Waals surface area contributed by atoms with Gasteiger partial charge in [0.25, 0.3) is 0 Å². The van der Waals surface area contributed by atoms with E-state index >= 15 is 0 Å². The van der Waals surface area contributed by atoms with Gasteiger partial charge in [0.2, 0.25) is 0 Å². The van der Waals surface area contributed by atoms with Gasteiger partial charge in [-0.1, -0.05) is 0 Å². The number of rotatable bonds is 3. The standard InChI is InChI=1S/C13H27N3/c1-15-6-2-13(3-7-15)11-16-8-4-12(10-14)5-9-16/h12-13H,2-11,14H2,1H3. The summed E-state index contributed by atoms with van der Waals surface area (Å²) in [6.07, 6.45) is 5.44. The quantitative estimate of drug-likeness (QED) is 0.778. The Morgan fingerprint density at radius 1 is 0.938 bits per heavy atom. The zero-order chi connectivity index (χ0) is 11.4. The van der Waals surface area contributed by atoms with Crippen molar-refractivity contribution in [1.82, 2.24) is 9.80 Å². The summed E-state index contributed by atoms with van der Waals surface area (Å²) in [4.78, 5) is 5.12. The number of hydrogen-bond acceptors (Lipinski definition) is 3. The second kappa shape index (κ2) is 5.99. The molecule has 0 radical (unpaired) electrons. The lowest BCUT2D eigenvalue weighted by Crippen LogP contribution is -2.41. The van der Waals surface area contributed by atoms with Crippen molar-refractivity contribution in [3.63, 3.8) is 0 Å². The second-order valence-electron chi connectivity index (χ2n) is 5.73. The molecular weight excluding hydrogens is 198 g/mol. The van der Waals surface area contributed by atoms with Crippen LogP contribution in [0.1, 0.15) is 25.7 Å². The van der Waals surface area contributed by atoms with Crippen molar-refractivity contribution in [2.24, 2.45) is 17.6 Å². The molecule has 94 valence electrons. The Morgan fingerprint density at radius 3 is 2.06 bits per heavy atom. The van der Waals surface area contributed by atoms with Gasteiger partial charge in [0, 0.05) is 6.54 Å². The Labute approximate surface area is 100.0 Å². The summed E-state index contributed by atoms with van der Waals surface area (Å²) in [6, 6.07) is 0. The lowest BCUT2D eigenvalue weighted by atomic mass is 9.93. The molecule has 0 aromatic rings. The van der Waals surface area contributed by atoms with E-state index in [0.29, 0.717) is 0 Å². The Morgan fingerprint density at radius 2 is 1.50 bits per heavy atom. The molecule has 3 nitrogen and oxygen atoms in total. The van der Waals surface area contributed by atoms with Gasteiger partial charge in [-0.2, -0.15) is 0 Å². The van der Waals surface area contributed by atoms with Gasteiger partial charge in [0.05, 0.1) is 0 Å². The first-order chi connectivity index (χ1) is 7.78. The summed E-state index contributed by atoms with van der Waals surface area (Å²) >= 11 is 0. The van der Waals surface area contributed by atoms with Crippen molar-refractivity contribution >= 4 is 0 Å². The lowest BCUT2D eigenvalue weighted by Gasteiger charge is -2.36. The Bertz CT molecular complexity index is 191. The summed E-state index contributed by atoms with van der Waals surface area (Å²) in [5.74, 6) is 1.75. The molecule has 0 unspecified atom stereocenters. The van der Waals surface area contributed by atoms with E-state index in [9.17, 15) is 0 Å². The maximum Gasteiger partial charge on any atom is 0.00106 e. The predicted molar refractivity (Wildman–Crippen MR) is 68.4 cm³/mol. The number of nitrogens with zero attached hydrogens (tertiary/aromatic N) is 2. The highest BCUT2D eigenvalue weighted by Crippen LogP contribution is 2.21. The average Bonchev–Trinajstić information content (AvgIpc) is 2.33. The van der Waals surface area contributed by atoms with Crippen molar-refractivity contribution in [1.29, 1.82) is 0 Å². The molecule has 2 saturated heterocycles. The summed E-state index contributed by atoms with van der Waals surface area (Å²) in [7, 11) is 2.24. The van der Waals surface area contributed by atoms with Crippen LogP contribution in [-0.4, -0.2) is 56.1 Å². The normalized spacial score (nSPS) is 27.4. The number of nitrogens with two attached hydrogens (primary N) is 1. The van der Waals surface area contributed by atoms with Gasteiger partial charge in [0.1, 0.15) is 0 Å². The first kappa shape index (κ1) is 12.3. The number of hydrogen-bond donors (Lipinski definition) is 1. The van der Waals surface area contributed by atoms with Gasteiger partial charge in [-0.05, 0) is 77.3 Å². The Hall–Kier alpha value is -0.120. The van der Waals surface area contributed by atoms with Crippen molar-refractivity contribution < 1.29 is 0 Å². The van der Waals surface area contributed by atoms with Crippen LogP contribution in [0.3, 0.4) is 0 Å². The molecule has 0 saturated carbocycles. The molecule has 0 spiro atoms. The molecule has 2 fully saturated rings. The maximum atomic E-state index is 5.72. The van der Waals surface area contributed by atoms with Crippen molar-refractivity contribution in [3.8, 4) is 0 Å². The van der Waals surface area contributed by atoms with Crippen LogP contribution in [0.4, 0.5) is 0 Å². The van der Waals surface area contributed by atoms with Crippen LogP contribution in [0.5, 0.6) is 0 Å². The highest BCUT2D eigenvalue weighted by atomic mass is 15.1. The molecule has 0 aromatic carbocycles. The Balaban J connectivity index is 1.66. The van der Waals surface area contributed by atoms with Gasteiger partial charge in [-0.15, -0.1) is 0 Å². The molecule has 2 aliphatic heterocycles. The van der Waals surface area contributed by atoms with Crippen molar-refractivity contribution in [3.05, 3.63) is 0 Å². The van der Waals surface area contributed by atoms with E-state index in [0.717, 1.165) is 18.4 Å². The minimum absolute atomic E-state index is 0.800. The predicted octanol–water partition coefficient (Wildman–Crippen LogP) is 0.999. The van der Waals surface area contributed by atoms with Crippen LogP contribution >= 0.6 is 0 Å². The molecule has 2 rings (SSSR count). The molecule has 0 aliphatic carbocycles. The third kappa shape index (κ3) is 3.44. The molecule has 0 amide bonds. The number of likely N-dealkylation sites (tertiary alicyclic amines) is 2. The monoisotopic (exact) mass is 225 g/mol. The zero-order valence-corrected chi connectivity index (χ0v) is 10.7. The lowest BCUT2D eigenvalue weighted by molar-refractivity contribution is 0.128. The van der Waals surface area contributed by atoms with Gasteiger partial charge >= 0.3 is 0 Å². The van der Waals surface area contributed by atoms with Crippen LogP contribution in [0.2, 0.25) is 0 Å². The van der Waals surface area contributed by atoms with E-state index in [1.54, 1.807) is 0 Å². The third-order valence-corrected chi connectivity index (χ3v) is 4.40. The van der Waals surface area contributed by atoms with Crippen LogP contribution in [-0.2, 0) is 0 Å². The molecular formula is C13H27N3. The van der Waals surface area contributed by atoms with Crippen LogP contribution in [0.25, 0.3) is 0 Å².